The normalized spacial score (nSPS) is 11.8. The van der Waals surface area contributed by atoms with Crippen LogP contribution in [0.3, 0.4) is 0 Å². The second kappa shape index (κ2) is 7.69. The Labute approximate surface area is 175 Å². The summed E-state index contributed by atoms with van der Waals surface area (Å²) >= 11 is 2.64. The summed E-state index contributed by atoms with van der Waals surface area (Å²) < 4.78 is 32.7. The predicted octanol–water partition coefficient (Wildman–Crippen LogP) is 3.82. The number of aryl methyl sites for hydroxylation is 1. The van der Waals surface area contributed by atoms with Gasteiger partial charge in [0.1, 0.15) is 9.77 Å². The Hall–Kier alpha value is -2.56. The molecule has 10 heteroatoms. The van der Waals surface area contributed by atoms with Crippen molar-refractivity contribution in [3.63, 3.8) is 0 Å². The van der Waals surface area contributed by atoms with Crippen molar-refractivity contribution < 1.29 is 12.8 Å². The van der Waals surface area contributed by atoms with Gasteiger partial charge in [0, 0.05) is 28.9 Å². The Balaban J connectivity index is 1.70. The van der Waals surface area contributed by atoms with Crippen LogP contribution in [-0.4, -0.2) is 29.0 Å². The molecule has 0 aliphatic heterocycles. The van der Waals surface area contributed by atoms with Crippen molar-refractivity contribution in [3.05, 3.63) is 70.3 Å². The highest BCUT2D eigenvalue weighted by molar-refractivity contribution is 7.98. The van der Waals surface area contributed by atoms with Crippen LogP contribution in [0.2, 0.25) is 0 Å². The van der Waals surface area contributed by atoms with Crippen LogP contribution >= 0.6 is 23.1 Å². The molecule has 3 aromatic heterocycles. The molecule has 4 aromatic rings. The van der Waals surface area contributed by atoms with Crippen molar-refractivity contribution in [3.8, 4) is 16.5 Å². The summed E-state index contributed by atoms with van der Waals surface area (Å²) in [6.07, 6.45) is 4.63. The van der Waals surface area contributed by atoms with E-state index in [4.69, 9.17) is 4.42 Å². The lowest BCUT2D eigenvalue weighted by Gasteiger charge is -2.06. The number of hydrogen-bond acceptors (Lipinski definition) is 7. The molecule has 29 heavy (non-hydrogen) atoms. The van der Waals surface area contributed by atoms with Crippen LogP contribution in [0, 0.1) is 6.92 Å². The van der Waals surface area contributed by atoms with E-state index in [-0.39, 0.29) is 16.7 Å². The van der Waals surface area contributed by atoms with Gasteiger partial charge in [-0.1, -0.05) is 17.7 Å². The van der Waals surface area contributed by atoms with Gasteiger partial charge < -0.3 is 8.98 Å². The molecule has 3 heterocycles. The number of thioether (sulfide) groups is 1. The Bertz CT molecular complexity index is 1300. The maximum Gasteiger partial charge on any atom is 0.438 e. The van der Waals surface area contributed by atoms with Gasteiger partial charge in [0.15, 0.2) is 9.84 Å². The molecule has 0 aliphatic carbocycles. The number of benzene rings is 1. The second-order valence-corrected chi connectivity index (χ2v) is 10.3. The highest BCUT2D eigenvalue weighted by Gasteiger charge is 2.25. The third-order valence-corrected chi connectivity index (χ3v) is 7.37. The molecule has 0 amide bonds. The monoisotopic (exact) mass is 447 g/mol. The predicted molar refractivity (Wildman–Crippen MR) is 114 cm³/mol. The molecule has 150 valence electrons. The first-order valence-corrected chi connectivity index (χ1v) is 12.3. The number of rotatable bonds is 6. The van der Waals surface area contributed by atoms with Crippen molar-refractivity contribution in [1.29, 1.82) is 0 Å². The zero-order chi connectivity index (χ0) is 20.6. The van der Waals surface area contributed by atoms with Crippen molar-refractivity contribution in [1.82, 2.24) is 14.3 Å². The molecule has 0 saturated heterocycles. The topological polar surface area (TPSA) is 87.1 Å². The Morgan fingerprint density at radius 2 is 1.86 bits per heavy atom. The van der Waals surface area contributed by atoms with Crippen LogP contribution in [0.15, 0.2) is 73.2 Å². The fraction of sp³-hybridized carbons (Fsp3) is 0.158. The minimum Gasteiger partial charge on any atom is -0.387 e. The number of thiophene rings is 1. The van der Waals surface area contributed by atoms with Crippen molar-refractivity contribution in [2.75, 3.05) is 6.26 Å². The van der Waals surface area contributed by atoms with E-state index >= 15 is 0 Å². The highest BCUT2D eigenvalue weighted by atomic mass is 32.2. The lowest BCUT2D eigenvalue weighted by molar-refractivity contribution is 0.504. The maximum atomic E-state index is 12.3. The summed E-state index contributed by atoms with van der Waals surface area (Å²) in [6.45, 7) is 2.01. The largest absolute Gasteiger partial charge is 0.438 e. The van der Waals surface area contributed by atoms with E-state index in [9.17, 15) is 13.2 Å². The van der Waals surface area contributed by atoms with Gasteiger partial charge in [0.25, 0.3) is 5.89 Å². The maximum absolute atomic E-state index is 12.3. The molecule has 0 bridgehead atoms. The second-order valence-electron chi connectivity index (χ2n) is 6.40. The van der Waals surface area contributed by atoms with Crippen molar-refractivity contribution >= 4 is 32.9 Å². The van der Waals surface area contributed by atoms with Crippen molar-refractivity contribution in [2.24, 2.45) is 0 Å². The first kappa shape index (κ1) is 19.7. The molecule has 0 atom stereocenters. The Kier molecular flexibility index (Phi) is 5.24. The molecular weight excluding hydrogens is 430 g/mol. The van der Waals surface area contributed by atoms with Gasteiger partial charge in [-0.3, -0.25) is 0 Å². The van der Waals surface area contributed by atoms with Gasteiger partial charge in [-0.05, 0) is 31.2 Å². The minimum absolute atomic E-state index is 0.100. The van der Waals surface area contributed by atoms with Gasteiger partial charge in [0.05, 0.1) is 11.6 Å². The van der Waals surface area contributed by atoms with E-state index in [1.54, 1.807) is 34.5 Å². The fourth-order valence-corrected chi connectivity index (χ4v) is 5.81. The van der Waals surface area contributed by atoms with Crippen LogP contribution in [0.1, 0.15) is 5.56 Å². The average Bonchev–Trinajstić information content (AvgIpc) is 3.39. The van der Waals surface area contributed by atoms with Crippen LogP contribution in [0.5, 0.6) is 0 Å². The number of sulfone groups is 1. The number of nitrogens with zero attached hydrogens (tertiary/aromatic N) is 3. The SMILES string of the molecule is Cc1ccc(SCn2nc(-c3scc(S(C)(=O)=O)c3-n3cccc3)oc2=O)cc1. The minimum atomic E-state index is -3.47. The molecule has 0 aliphatic rings. The summed E-state index contributed by atoms with van der Waals surface area (Å²) in [5.74, 6) is -0.204. The van der Waals surface area contributed by atoms with E-state index in [1.165, 1.54) is 27.8 Å². The summed E-state index contributed by atoms with van der Waals surface area (Å²) in [5.41, 5.74) is 1.59. The van der Waals surface area contributed by atoms with Crippen LogP contribution < -0.4 is 5.76 Å². The molecule has 0 saturated carbocycles. The summed E-state index contributed by atoms with van der Waals surface area (Å²) in [4.78, 5) is 14.0. The smallest absolute Gasteiger partial charge is 0.387 e. The van der Waals surface area contributed by atoms with Gasteiger partial charge in [-0.2, -0.15) is 4.68 Å². The van der Waals surface area contributed by atoms with Crippen molar-refractivity contribution in [2.45, 2.75) is 22.6 Å². The Morgan fingerprint density at radius 3 is 2.52 bits per heavy atom. The molecule has 4 rings (SSSR count). The number of hydrogen-bond donors (Lipinski definition) is 0. The van der Waals surface area contributed by atoms with E-state index in [0.717, 1.165) is 16.7 Å². The van der Waals surface area contributed by atoms with Gasteiger partial charge >= 0.3 is 5.76 Å². The average molecular weight is 448 g/mol. The van der Waals surface area contributed by atoms with Gasteiger partial charge in [0.2, 0.25) is 0 Å². The van der Waals surface area contributed by atoms with Crippen LogP contribution in [-0.2, 0) is 15.7 Å². The summed E-state index contributed by atoms with van der Waals surface area (Å²) in [7, 11) is -3.47. The van der Waals surface area contributed by atoms with Gasteiger partial charge in [-0.15, -0.1) is 28.2 Å². The zero-order valence-electron chi connectivity index (χ0n) is 15.6. The van der Waals surface area contributed by atoms with E-state index < -0.39 is 15.6 Å². The number of aromatic nitrogens is 3. The third-order valence-electron chi connectivity index (χ3n) is 4.17. The first-order chi connectivity index (χ1) is 13.8. The molecular formula is C19H17N3O4S3. The van der Waals surface area contributed by atoms with E-state index in [0.29, 0.717) is 10.6 Å². The molecule has 7 nitrogen and oxygen atoms in total. The quantitative estimate of drug-likeness (QED) is 0.418. The van der Waals surface area contributed by atoms with E-state index in [2.05, 4.69) is 5.10 Å². The standard InChI is InChI=1S/C19H17N3O4S3/c1-13-5-7-14(8-6-13)28-12-22-19(23)26-18(20-22)17-16(21-9-3-4-10-21)15(11-27-17)29(2,24)25/h3-11H,12H2,1-2H3. The molecule has 0 unspecified atom stereocenters. The molecule has 0 fully saturated rings. The van der Waals surface area contributed by atoms with Crippen LogP contribution in [0.4, 0.5) is 0 Å². The molecule has 1 aromatic carbocycles. The molecule has 0 N–H and O–H groups in total. The lowest BCUT2D eigenvalue weighted by atomic mass is 10.2. The first-order valence-electron chi connectivity index (χ1n) is 8.55. The lowest BCUT2D eigenvalue weighted by Crippen LogP contribution is -2.14. The fourth-order valence-electron chi connectivity index (χ4n) is 2.73. The summed E-state index contributed by atoms with van der Waals surface area (Å²) in [5, 5.41) is 5.84. The van der Waals surface area contributed by atoms with Gasteiger partial charge in [-0.25, -0.2) is 13.2 Å². The molecule has 0 spiro atoms. The third kappa shape index (κ3) is 4.09. The molecule has 0 radical (unpaired) electrons. The summed E-state index contributed by atoms with van der Waals surface area (Å²) in [6, 6.07) is 11.5. The highest BCUT2D eigenvalue weighted by Crippen LogP contribution is 2.37. The van der Waals surface area contributed by atoms with E-state index in [1.807, 2.05) is 31.2 Å². The zero-order valence-corrected chi connectivity index (χ0v) is 18.1. The van der Waals surface area contributed by atoms with Crippen LogP contribution in [0.25, 0.3) is 16.5 Å². The Morgan fingerprint density at radius 1 is 1.17 bits per heavy atom.